The maximum absolute atomic E-state index is 14.5. The molecule has 1 aliphatic carbocycles. The lowest BCUT2D eigenvalue weighted by atomic mass is 9.69. The Labute approximate surface area is 189 Å². The molecule has 0 spiro atoms. The molecule has 176 valence electrons. The molecule has 0 N–H and O–H groups in total. The molecule has 2 atom stereocenters. The summed E-state index contributed by atoms with van der Waals surface area (Å²) in [6.07, 6.45) is 1.26. The normalized spacial score (nSPS) is 18.5. The van der Waals surface area contributed by atoms with Crippen molar-refractivity contribution in [1.29, 1.82) is 0 Å². The number of halogens is 6. The number of unbranched alkanes of at least 4 members (excludes halogenated alkanes) is 3. The summed E-state index contributed by atoms with van der Waals surface area (Å²) in [4.78, 5) is 0. The molecule has 0 fully saturated rings. The summed E-state index contributed by atoms with van der Waals surface area (Å²) >= 11 is 0. The highest BCUT2D eigenvalue weighted by Crippen LogP contribution is 2.46. The summed E-state index contributed by atoms with van der Waals surface area (Å²) in [6, 6.07) is 9.93. The standard InChI is InChI=1S/C27H26F6/c1-2-3-4-5-7-16-10-11-19-18-8-6-9-22(28)20(18)12-13-21(19)25(16)17-14-23(29)26(24(30)15-17)27(31,32)33/h6,8-9,12-16,25H,2-5,7,10-11H2,1H3/t16-,25-/m1/s1. The van der Waals surface area contributed by atoms with E-state index in [0.29, 0.717) is 11.8 Å². The average molecular weight is 464 g/mol. The number of rotatable bonds is 6. The first-order valence-electron chi connectivity index (χ1n) is 11.5. The van der Waals surface area contributed by atoms with Gasteiger partial charge in [-0.15, -0.1) is 0 Å². The van der Waals surface area contributed by atoms with E-state index in [1.165, 1.54) is 6.07 Å². The highest BCUT2D eigenvalue weighted by molar-refractivity contribution is 5.88. The zero-order valence-corrected chi connectivity index (χ0v) is 18.4. The summed E-state index contributed by atoms with van der Waals surface area (Å²) in [5.41, 5.74) is 0.0680. The van der Waals surface area contributed by atoms with Crippen LogP contribution in [-0.4, -0.2) is 0 Å². The van der Waals surface area contributed by atoms with Gasteiger partial charge < -0.3 is 0 Å². The molecule has 33 heavy (non-hydrogen) atoms. The molecule has 0 aromatic heterocycles. The molecule has 3 aromatic carbocycles. The van der Waals surface area contributed by atoms with Crippen LogP contribution in [0.1, 0.15) is 73.6 Å². The Kier molecular flexibility index (Phi) is 6.73. The number of fused-ring (bicyclic) bond motifs is 3. The van der Waals surface area contributed by atoms with Gasteiger partial charge in [0.05, 0.1) is 0 Å². The van der Waals surface area contributed by atoms with Crippen LogP contribution in [0.25, 0.3) is 10.8 Å². The Morgan fingerprint density at radius 3 is 2.24 bits per heavy atom. The van der Waals surface area contributed by atoms with Crippen LogP contribution in [-0.2, 0) is 12.6 Å². The van der Waals surface area contributed by atoms with Crippen molar-refractivity contribution in [3.63, 3.8) is 0 Å². The van der Waals surface area contributed by atoms with Crippen LogP contribution in [0.4, 0.5) is 26.3 Å². The SMILES string of the molecule is CCCCCC[C@@H]1CCc2c(ccc3c(F)cccc23)[C@H]1c1cc(F)c(C(F)(F)F)c(F)c1. The van der Waals surface area contributed by atoms with Gasteiger partial charge >= 0.3 is 6.18 Å². The fourth-order valence-electron chi connectivity index (χ4n) is 5.36. The van der Waals surface area contributed by atoms with E-state index in [4.69, 9.17) is 0 Å². The zero-order valence-electron chi connectivity index (χ0n) is 18.4. The van der Waals surface area contributed by atoms with Crippen LogP contribution in [0.2, 0.25) is 0 Å². The molecule has 0 aliphatic heterocycles. The topological polar surface area (TPSA) is 0 Å². The Bertz CT molecular complexity index is 1120. The molecule has 0 bridgehead atoms. The van der Waals surface area contributed by atoms with Crippen LogP contribution >= 0.6 is 0 Å². The van der Waals surface area contributed by atoms with Gasteiger partial charge in [0, 0.05) is 11.3 Å². The van der Waals surface area contributed by atoms with Gasteiger partial charge in [0.15, 0.2) is 0 Å². The summed E-state index contributed by atoms with van der Waals surface area (Å²) in [7, 11) is 0. The third-order valence-electron chi connectivity index (χ3n) is 6.86. The van der Waals surface area contributed by atoms with Crippen molar-refractivity contribution in [2.75, 3.05) is 0 Å². The van der Waals surface area contributed by atoms with Gasteiger partial charge in [-0.2, -0.15) is 13.2 Å². The fourth-order valence-corrected chi connectivity index (χ4v) is 5.36. The molecule has 3 aromatic rings. The minimum Gasteiger partial charge on any atom is -0.206 e. The van der Waals surface area contributed by atoms with Crippen LogP contribution in [0.15, 0.2) is 42.5 Å². The molecular formula is C27H26F6. The molecule has 0 amide bonds. The van der Waals surface area contributed by atoms with Crippen molar-refractivity contribution in [3.8, 4) is 0 Å². The van der Waals surface area contributed by atoms with Crippen molar-refractivity contribution in [1.82, 2.24) is 0 Å². The van der Waals surface area contributed by atoms with E-state index in [0.717, 1.165) is 67.2 Å². The quantitative estimate of drug-likeness (QED) is 0.252. The first kappa shape index (κ1) is 23.7. The predicted molar refractivity (Wildman–Crippen MR) is 118 cm³/mol. The van der Waals surface area contributed by atoms with E-state index < -0.39 is 29.3 Å². The summed E-state index contributed by atoms with van der Waals surface area (Å²) in [5, 5.41) is 1.22. The first-order valence-corrected chi connectivity index (χ1v) is 11.5. The molecular weight excluding hydrogens is 438 g/mol. The first-order chi connectivity index (χ1) is 15.7. The van der Waals surface area contributed by atoms with Crippen LogP contribution in [0.5, 0.6) is 0 Å². The number of hydrogen-bond donors (Lipinski definition) is 0. The number of hydrogen-bond acceptors (Lipinski definition) is 0. The number of benzene rings is 3. The Morgan fingerprint density at radius 2 is 1.58 bits per heavy atom. The van der Waals surface area contributed by atoms with Crippen LogP contribution in [0, 0.1) is 23.4 Å². The Morgan fingerprint density at radius 1 is 0.848 bits per heavy atom. The highest BCUT2D eigenvalue weighted by atomic mass is 19.4. The average Bonchev–Trinajstić information content (AvgIpc) is 2.74. The van der Waals surface area contributed by atoms with Crippen LogP contribution < -0.4 is 0 Å². The minimum atomic E-state index is -5.11. The molecule has 0 nitrogen and oxygen atoms in total. The lowest BCUT2D eigenvalue weighted by molar-refractivity contribution is -0.142. The second kappa shape index (κ2) is 9.40. The van der Waals surface area contributed by atoms with Gasteiger partial charge in [0.1, 0.15) is 23.0 Å². The van der Waals surface area contributed by atoms with E-state index >= 15 is 0 Å². The van der Waals surface area contributed by atoms with Gasteiger partial charge in [0.25, 0.3) is 0 Å². The van der Waals surface area contributed by atoms with Gasteiger partial charge in [-0.05, 0) is 65.5 Å². The Balaban J connectivity index is 1.83. The van der Waals surface area contributed by atoms with Crippen molar-refractivity contribution in [2.24, 2.45) is 5.92 Å². The van der Waals surface area contributed by atoms with Crippen molar-refractivity contribution in [2.45, 2.75) is 64.0 Å². The lowest BCUT2D eigenvalue weighted by Crippen LogP contribution is -2.23. The Hall–Kier alpha value is -2.50. The second-order valence-electron chi connectivity index (χ2n) is 8.95. The zero-order chi connectivity index (χ0) is 23.8. The van der Waals surface area contributed by atoms with E-state index in [-0.39, 0.29) is 17.3 Å². The highest BCUT2D eigenvalue weighted by Gasteiger charge is 2.39. The molecule has 1 aliphatic rings. The molecule has 4 rings (SSSR count). The molecule has 0 saturated heterocycles. The molecule has 0 radical (unpaired) electrons. The van der Waals surface area contributed by atoms with Gasteiger partial charge in [-0.1, -0.05) is 56.9 Å². The molecule has 0 saturated carbocycles. The van der Waals surface area contributed by atoms with Gasteiger partial charge in [-0.25, -0.2) is 13.2 Å². The van der Waals surface area contributed by atoms with E-state index in [1.54, 1.807) is 18.2 Å². The van der Waals surface area contributed by atoms with Gasteiger partial charge in [-0.3, -0.25) is 0 Å². The number of alkyl halides is 3. The van der Waals surface area contributed by atoms with Gasteiger partial charge in [0.2, 0.25) is 0 Å². The minimum absolute atomic E-state index is 0.0379. The predicted octanol–water partition coefficient (Wildman–Crippen LogP) is 8.94. The number of aryl methyl sites for hydroxylation is 1. The van der Waals surface area contributed by atoms with Crippen molar-refractivity contribution in [3.05, 3.63) is 82.2 Å². The summed E-state index contributed by atoms with van der Waals surface area (Å²) in [6.45, 7) is 2.11. The lowest BCUT2D eigenvalue weighted by Gasteiger charge is -2.35. The third-order valence-corrected chi connectivity index (χ3v) is 6.86. The maximum atomic E-state index is 14.5. The maximum Gasteiger partial charge on any atom is 0.422 e. The van der Waals surface area contributed by atoms with E-state index in [9.17, 15) is 26.3 Å². The molecule has 0 heterocycles. The van der Waals surface area contributed by atoms with Crippen molar-refractivity contribution >= 4 is 10.8 Å². The third kappa shape index (κ3) is 4.62. The second-order valence-corrected chi connectivity index (χ2v) is 8.95. The molecule has 0 unspecified atom stereocenters. The largest absolute Gasteiger partial charge is 0.422 e. The van der Waals surface area contributed by atoms with E-state index in [1.807, 2.05) is 6.07 Å². The van der Waals surface area contributed by atoms with Crippen molar-refractivity contribution < 1.29 is 26.3 Å². The smallest absolute Gasteiger partial charge is 0.206 e. The summed E-state index contributed by atoms with van der Waals surface area (Å²) < 4.78 is 82.8. The molecule has 6 heteroatoms. The monoisotopic (exact) mass is 464 g/mol. The van der Waals surface area contributed by atoms with Crippen LogP contribution in [0.3, 0.4) is 0 Å². The summed E-state index contributed by atoms with van der Waals surface area (Å²) in [5.74, 6) is -3.95. The fraction of sp³-hybridized carbons (Fsp3) is 0.407. The van der Waals surface area contributed by atoms with E-state index in [2.05, 4.69) is 6.92 Å².